The summed E-state index contributed by atoms with van der Waals surface area (Å²) < 4.78 is 11.0. The second-order valence-corrected chi connectivity index (χ2v) is 5.51. The van der Waals surface area contributed by atoms with E-state index < -0.39 is 0 Å². The van der Waals surface area contributed by atoms with E-state index in [-0.39, 0.29) is 0 Å². The topological polar surface area (TPSA) is 18.5 Å². The van der Waals surface area contributed by atoms with E-state index in [9.17, 15) is 0 Å². The Balaban J connectivity index is 2.23. The van der Waals surface area contributed by atoms with Gasteiger partial charge in [-0.25, -0.2) is 0 Å². The van der Waals surface area contributed by atoms with Crippen molar-refractivity contribution < 1.29 is 9.47 Å². The predicted octanol–water partition coefficient (Wildman–Crippen LogP) is 4.68. The zero-order valence-corrected chi connectivity index (χ0v) is 13.3. The Hall–Kier alpha value is -0.250. The van der Waals surface area contributed by atoms with Crippen molar-refractivity contribution in [1.29, 1.82) is 0 Å². The van der Waals surface area contributed by atoms with Crippen LogP contribution >= 0.6 is 27.5 Å². The summed E-state index contributed by atoms with van der Waals surface area (Å²) in [4.78, 5) is 0. The minimum atomic E-state index is 0.533. The first kappa shape index (κ1) is 15.8. The summed E-state index contributed by atoms with van der Waals surface area (Å²) in [5, 5.41) is 1.44. The van der Waals surface area contributed by atoms with Gasteiger partial charge in [0, 0.05) is 11.9 Å². The van der Waals surface area contributed by atoms with Crippen molar-refractivity contribution in [2.45, 2.75) is 25.6 Å². The van der Waals surface area contributed by atoms with Crippen LogP contribution in [-0.2, 0) is 10.1 Å². The first-order chi connectivity index (χ1) is 8.63. The Morgan fingerprint density at radius 2 is 2.00 bits per heavy atom. The molecule has 0 amide bonds. The van der Waals surface area contributed by atoms with Gasteiger partial charge in [0.1, 0.15) is 12.4 Å². The van der Waals surface area contributed by atoms with Gasteiger partial charge >= 0.3 is 0 Å². The van der Waals surface area contributed by atoms with E-state index in [1.807, 2.05) is 18.2 Å². The maximum Gasteiger partial charge on any atom is 0.138 e. The minimum Gasteiger partial charge on any atom is -0.490 e. The molecule has 0 spiro atoms. The number of hydrogen-bond acceptors (Lipinski definition) is 2. The highest BCUT2D eigenvalue weighted by molar-refractivity contribution is 9.08. The molecule has 0 radical (unpaired) electrons. The van der Waals surface area contributed by atoms with Crippen LogP contribution < -0.4 is 4.74 Å². The minimum absolute atomic E-state index is 0.533. The van der Waals surface area contributed by atoms with Gasteiger partial charge in [-0.1, -0.05) is 47.4 Å². The molecule has 1 rings (SSSR count). The van der Waals surface area contributed by atoms with E-state index in [1.165, 1.54) is 0 Å². The molecule has 1 aromatic rings. The van der Waals surface area contributed by atoms with Crippen LogP contribution in [0.25, 0.3) is 0 Å². The smallest absolute Gasteiger partial charge is 0.138 e. The zero-order chi connectivity index (χ0) is 13.4. The third-order valence-electron chi connectivity index (χ3n) is 2.48. The van der Waals surface area contributed by atoms with E-state index in [4.69, 9.17) is 21.1 Å². The van der Waals surface area contributed by atoms with Crippen LogP contribution in [0.3, 0.4) is 0 Å². The number of benzene rings is 1. The van der Waals surface area contributed by atoms with Crippen molar-refractivity contribution >= 4 is 27.5 Å². The highest BCUT2D eigenvalue weighted by Gasteiger charge is 2.02. The molecule has 4 heteroatoms. The number of halogens is 2. The van der Waals surface area contributed by atoms with Gasteiger partial charge in [0.25, 0.3) is 0 Å². The Bertz CT molecular complexity index is 356. The van der Waals surface area contributed by atoms with Crippen LogP contribution in [0.1, 0.15) is 25.8 Å². The molecular weight excluding hydrogens is 316 g/mol. The molecule has 18 heavy (non-hydrogen) atoms. The lowest BCUT2D eigenvalue weighted by Gasteiger charge is -2.10. The largest absolute Gasteiger partial charge is 0.490 e. The highest BCUT2D eigenvalue weighted by Crippen LogP contribution is 2.26. The molecule has 0 aliphatic carbocycles. The summed E-state index contributed by atoms with van der Waals surface area (Å²) in [6.07, 6.45) is 1.08. The van der Waals surface area contributed by atoms with Crippen LogP contribution in [0.4, 0.5) is 0 Å². The highest BCUT2D eigenvalue weighted by atomic mass is 79.9. The van der Waals surface area contributed by atoms with E-state index in [2.05, 4.69) is 29.8 Å². The maximum atomic E-state index is 6.10. The van der Waals surface area contributed by atoms with Crippen molar-refractivity contribution in [1.82, 2.24) is 0 Å². The van der Waals surface area contributed by atoms with Crippen LogP contribution in [0.5, 0.6) is 5.75 Å². The summed E-state index contributed by atoms with van der Waals surface area (Å²) in [5.41, 5.74) is 1.14. The van der Waals surface area contributed by atoms with Crippen molar-refractivity contribution in [3.63, 3.8) is 0 Å². The first-order valence-electron chi connectivity index (χ1n) is 6.18. The molecule has 0 heterocycles. The first-order valence-corrected chi connectivity index (χ1v) is 7.68. The summed E-state index contributed by atoms with van der Waals surface area (Å²) in [6.45, 7) is 6.29. The molecule has 2 nitrogen and oxygen atoms in total. The Morgan fingerprint density at radius 1 is 1.22 bits per heavy atom. The van der Waals surface area contributed by atoms with Crippen LogP contribution in [0.2, 0.25) is 5.02 Å². The third-order valence-corrected chi connectivity index (χ3v) is 3.42. The van der Waals surface area contributed by atoms with Gasteiger partial charge < -0.3 is 9.47 Å². The number of rotatable bonds is 8. The van der Waals surface area contributed by atoms with Crippen LogP contribution in [0.15, 0.2) is 18.2 Å². The third kappa shape index (κ3) is 6.07. The molecule has 0 saturated carbocycles. The van der Waals surface area contributed by atoms with Gasteiger partial charge in [-0.2, -0.15) is 0 Å². The summed E-state index contributed by atoms with van der Waals surface area (Å²) >= 11 is 9.49. The summed E-state index contributed by atoms with van der Waals surface area (Å²) in [6, 6.07) is 5.80. The second kappa shape index (κ2) is 8.78. The molecule has 0 atom stereocenters. The van der Waals surface area contributed by atoms with E-state index in [0.29, 0.717) is 29.9 Å². The summed E-state index contributed by atoms with van der Waals surface area (Å²) in [7, 11) is 0. The zero-order valence-electron chi connectivity index (χ0n) is 10.9. The predicted molar refractivity (Wildman–Crippen MR) is 79.9 cm³/mol. The van der Waals surface area contributed by atoms with Gasteiger partial charge in [0.2, 0.25) is 0 Å². The Kier molecular flexibility index (Phi) is 7.71. The molecule has 0 aliphatic heterocycles. The molecule has 102 valence electrons. The molecule has 0 bridgehead atoms. The van der Waals surface area contributed by atoms with E-state index >= 15 is 0 Å². The number of alkyl halides is 1. The normalized spacial score (nSPS) is 10.9. The molecule has 0 N–H and O–H groups in total. The molecule has 1 aromatic carbocycles. The Labute approximate surface area is 123 Å². The molecule has 0 aliphatic rings. The maximum absolute atomic E-state index is 6.10. The SMILES string of the molecule is CC(C)CCOCCOc1ccc(CBr)cc1Cl. The van der Waals surface area contributed by atoms with Gasteiger partial charge in [0.15, 0.2) is 0 Å². The average Bonchev–Trinajstić information content (AvgIpc) is 2.34. The Morgan fingerprint density at radius 3 is 2.61 bits per heavy atom. The molecule has 0 unspecified atom stereocenters. The molecule has 0 fully saturated rings. The van der Waals surface area contributed by atoms with Crippen molar-refractivity contribution in [2.75, 3.05) is 19.8 Å². The fraction of sp³-hybridized carbons (Fsp3) is 0.571. The van der Waals surface area contributed by atoms with Crippen molar-refractivity contribution in [2.24, 2.45) is 5.92 Å². The lowest BCUT2D eigenvalue weighted by molar-refractivity contribution is 0.0926. The molecular formula is C14H20BrClO2. The molecule has 0 saturated heterocycles. The average molecular weight is 336 g/mol. The van der Waals surface area contributed by atoms with Crippen molar-refractivity contribution in [3.05, 3.63) is 28.8 Å². The lowest BCUT2D eigenvalue weighted by atomic mass is 10.1. The lowest BCUT2D eigenvalue weighted by Crippen LogP contribution is -2.08. The standard InChI is InChI=1S/C14H20BrClO2/c1-11(2)5-6-17-7-8-18-14-4-3-12(10-15)9-13(14)16/h3-4,9,11H,5-8,10H2,1-2H3. The number of ether oxygens (including phenoxy) is 2. The van der Waals surface area contributed by atoms with E-state index in [0.717, 1.165) is 23.9 Å². The van der Waals surface area contributed by atoms with Crippen LogP contribution in [0, 0.1) is 5.92 Å². The van der Waals surface area contributed by atoms with Gasteiger partial charge in [-0.05, 0) is 30.0 Å². The monoisotopic (exact) mass is 334 g/mol. The van der Waals surface area contributed by atoms with Crippen molar-refractivity contribution in [3.8, 4) is 5.75 Å². The second-order valence-electron chi connectivity index (χ2n) is 4.54. The summed E-state index contributed by atoms with van der Waals surface area (Å²) in [5.74, 6) is 1.39. The van der Waals surface area contributed by atoms with Crippen LogP contribution in [-0.4, -0.2) is 19.8 Å². The van der Waals surface area contributed by atoms with Gasteiger partial charge in [0.05, 0.1) is 11.6 Å². The quantitative estimate of drug-likeness (QED) is 0.507. The van der Waals surface area contributed by atoms with Gasteiger partial charge in [-0.3, -0.25) is 0 Å². The fourth-order valence-corrected chi connectivity index (χ4v) is 1.98. The van der Waals surface area contributed by atoms with E-state index in [1.54, 1.807) is 0 Å². The molecule has 0 aromatic heterocycles. The number of hydrogen-bond donors (Lipinski definition) is 0. The van der Waals surface area contributed by atoms with Gasteiger partial charge in [-0.15, -0.1) is 0 Å². The fourth-order valence-electron chi connectivity index (χ4n) is 1.38.